The van der Waals surface area contributed by atoms with E-state index in [1.165, 1.54) is 0 Å². The molecule has 1 aromatic heterocycles. The normalized spacial score (nSPS) is 11.5. The molecule has 0 spiro atoms. The summed E-state index contributed by atoms with van der Waals surface area (Å²) < 4.78 is 63.1. The van der Waals surface area contributed by atoms with E-state index in [1.807, 2.05) is 0 Å². The predicted octanol–water partition coefficient (Wildman–Crippen LogP) is 2.98. The zero-order valence-corrected chi connectivity index (χ0v) is 10.3. The summed E-state index contributed by atoms with van der Waals surface area (Å²) in [4.78, 5) is 11.7. The minimum atomic E-state index is -4.45. The van der Waals surface area contributed by atoms with Gasteiger partial charge in [0.15, 0.2) is 0 Å². The molecule has 0 bridgehead atoms. The van der Waals surface area contributed by atoms with Gasteiger partial charge in [-0.3, -0.25) is 9.48 Å². The van der Waals surface area contributed by atoms with Crippen molar-refractivity contribution in [2.45, 2.75) is 12.7 Å². The minimum absolute atomic E-state index is 0.0343. The maximum atomic E-state index is 13.4. The second-order valence-electron chi connectivity index (χ2n) is 4.12. The van der Waals surface area contributed by atoms with Gasteiger partial charge in [0.05, 0.1) is 17.4 Å². The van der Waals surface area contributed by atoms with E-state index in [1.54, 1.807) is 0 Å². The molecular weight excluding hydrogens is 297 g/mol. The first-order valence-corrected chi connectivity index (χ1v) is 5.60. The Morgan fingerprint density at radius 1 is 1.29 bits per heavy atom. The molecule has 0 atom stereocenters. The molecule has 0 aliphatic rings. The van der Waals surface area contributed by atoms with Crippen molar-refractivity contribution < 1.29 is 26.7 Å². The van der Waals surface area contributed by atoms with E-state index in [9.17, 15) is 26.7 Å². The number of halogens is 5. The van der Waals surface area contributed by atoms with Crippen LogP contribution in [0.25, 0.3) is 0 Å². The number of hydrogen-bond acceptors (Lipinski definition) is 2. The van der Waals surface area contributed by atoms with E-state index in [4.69, 9.17) is 0 Å². The molecule has 1 aromatic carbocycles. The van der Waals surface area contributed by atoms with Crippen molar-refractivity contribution in [3.8, 4) is 0 Å². The summed E-state index contributed by atoms with van der Waals surface area (Å²) in [7, 11) is 0. The Morgan fingerprint density at radius 2 is 2.00 bits per heavy atom. The summed E-state index contributed by atoms with van der Waals surface area (Å²) >= 11 is 0. The highest BCUT2D eigenvalue weighted by atomic mass is 19.4. The fraction of sp³-hybridized carbons (Fsp3) is 0.167. The Labute approximate surface area is 115 Å². The van der Waals surface area contributed by atoms with Crippen molar-refractivity contribution in [1.29, 1.82) is 0 Å². The van der Waals surface area contributed by atoms with Gasteiger partial charge in [-0.25, -0.2) is 8.78 Å². The quantitative estimate of drug-likeness (QED) is 0.886. The number of nitrogens with one attached hydrogen (secondary N) is 1. The van der Waals surface area contributed by atoms with Crippen LogP contribution in [0.15, 0.2) is 30.6 Å². The summed E-state index contributed by atoms with van der Waals surface area (Å²) in [6.07, 6.45) is -2.51. The largest absolute Gasteiger partial charge is 0.408 e. The van der Waals surface area contributed by atoms with Gasteiger partial charge in [-0.1, -0.05) is 0 Å². The maximum Gasteiger partial charge on any atom is 0.408 e. The molecule has 0 saturated carbocycles. The van der Waals surface area contributed by atoms with Gasteiger partial charge in [0, 0.05) is 12.3 Å². The molecule has 2 aromatic rings. The van der Waals surface area contributed by atoms with Crippen LogP contribution in [0.5, 0.6) is 0 Å². The van der Waals surface area contributed by atoms with Crippen LogP contribution in [-0.2, 0) is 6.54 Å². The van der Waals surface area contributed by atoms with Crippen molar-refractivity contribution in [3.63, 3.8) is 0 Å². The lowest BCUT2D eigenvalue weighted by Crippen LogP contribution is -2.18. The van der Waals surface area contributed by atoms with E-state index in [0.29, 0.717) is 10.7 Å². The molecule has 0 aliphatic heterocycles. The molecule has 1 heterocycles. The van der Waals surface area contributed by atoms with Crippen molar-refractivity contribution in [1.82, 2.24) is 9.78 Å². The van der Waals surface area contributed by atoms with Crippen LogP contribution in [-0.4, -0.2) is 21.9 Å². The number of nitrogens with zero attached hydrogens (tertiary/aromatic N) is 2. The molecule has 0 aliphatic carbocycles. The number of amides is 1. The van der Waals surface area contributed by atoms with Crippen LogP contribution in [0.2, 0.25) is 0 Å². The number of rotatable bonds is 3. The van der Waals surface area contributed by atoms with Crippen LogP contribution in [0, 0.1) is 11.6 Å². The Balaban J connectivity index is 2.09. The van der Waals surface area contributed by atoms with Gasteiger partial charge in [-0.2, -0.15) is 18.3 Å². The third-order valence-electron chi connectivity index (χ3n) is 2.41. The van der Waals surface area contributed by atoms with Crippen molar-refractivity contribution in [2.75, 3.05) is 5.32 Å². The number of aromatic nitrogens is 2. The first-order valence-electron chi connectivity index (χ1n) is 5.60. The fourth-order valence-electron chi connectivity index (χ4n) is 1.57. The smallest absolute Gasteiger partial charge is 0.319 e. The highest BCUT2D eigenvalue weighted by Gasteiger charge is 2.28. The molecule has 9 heteroatoms. The zero-order chi connectivity index (χ0) is 15.6. The van der Waals surface area contributed by atoms with Gasteiger partial charge >= 0.3 is 6.18 Å². The predicted molar refractivity (Wildman–Crippen MR) is 62.6 cm³/mol. The highest BCUT2D eigenvalue weighted by Crippen LogP contribution is 2.18. The first-order chi connectivity index (χ1) is 9.74. The second-order valence-corrected chi connectivity index (χ2v) is 4.12. The Morgan fingerprint density at radius 3 is 2.62 bits per heavy atom. The third-order valence-corrected chi connectivity index (χ3v) is 2.41. The van der Waals surface area contributed by atoms with E-state index in [2.05, 4.69) is 10.4 Å². The third kappa shape index (κ3) is 4.01. The van der Waals surface area contributed by atoms with Crippen molar-refractivity contribution >= 4 is 11.6 Å². The minimum Gasteiger partial charge on any atom is -0.319 e. The van der Waals surface area contributed by atoms with E-state index in [0.717, 1.165) is 24.5 Å². The lowest BCUT2D eigenvalue weighted by molar-refractivity contribution is -0.142. The number of carbonyl (C=O) groups is 1. The van der Waals surface area contributed by atoms with Crippen molar-refractivity contribution in [2.24, 2.45) is 0 Å². The van der Waals surface area contributed by atoms with E-state index < -0.39 is 35.8 Å². The molecule has 1 N–H and O–H groups in total. The molecule has 1 amide bonds. The van der Waals surface area contributed by atoms with Crippen molar-refractivity contribution in [3.05, 3.63) is 47.8 Å². The van der Waals surface area contributed by atoms with Crippen LogP contribution >= 0.6 is 0 Å². The van der Waals surface area contributed by atoms with Crippen LogP contribution in [0.1, 0.15) is 10.4 Å². The molecule has 0 unspecified atom stereocenters. The average Bonchev–Trinajstić information content (AvgIpc) is 2.73. The van der Waals surface area contributed by atoms with Crippen LogP contribution < -0.4 is 5.32 Å². The monoisotopic (exact) mass is 305 g/mol. The second kappa shape index (κ2) is 5.51. The molecule has 0 fully saturated rings. The Kier molecular flexibility index (Phi) is 3.92. The molecular formula is C12H8F5N3O. The van der Waals surface area contributed by atoms with Gasteiger partial charge in [-0.05, 0) is 12.1 Å². The molecule has 2 rings (SSSR count). The summed E-state index contributed by atoms with van der Waals surface area (Å²) in [5, 5.41) is 5.59. The molecule has 21 heavy (non-hydrogen) atoms. The van der Waals surface area contributed by atoms with E-state index >= 15 is 0 Å². The fourth-order valence-corrected chi connectivity index (χ4v) is 1.57. The lowest BCUT2D eigenvalue weighted by atomic mass is 10.2. The van der Waals surface area contributed by atoms with Crippen LogP contribution in [0.3, 0.4) is 0 Å². The number of carbonyl (C=O) groups excluding carboxylic acids is 1. The highest BCUT2D eigenvalue weighted by molar-refractivity contribution is 6.04. The average molecular weight is 305 g/mol. The summed E-state index contributed by atoms with van der Waals surface area (Å²) in [5.41, 5.74) is -0.465. The number of anilines is 1. The van der Waals surface area contributed by atoms with Gasteiger partial charge in [-0.15, -0.1) is 0 Å². The summed E-state index contributed by atoms with van der Waals surface area (Å²) in [6.45, 7) is -1.31. The van der Waals surface area contributed by atoms with Crippen LogP contribution in [0.4, 0.5) is 27.6 Å². The molecule has 112 valence electrons. The molecule has 0 saturated heterocycles. The maximum absolute atomic E-state index is 13.4. The summed E-state index contributed by atoms with van der Waals surface area (Å²) in [5.74, 6) is -2.84. The molecule has 0 radical (unpaired) electrons. The first kappa shape index (κ1) is 14.9. The standard InChI is InChI=1S/C12H8F5N3O/c13-7-1-2-9(10(14)3-7)11(21)19-8-4-18-20(5-8)6-12(15,16)17/h1-5H,6H2,(H,19,21). The topological polar surface area (TPSA) is 46.9 Å². The number of benzene rings is 1. The Bertz CT molecular complexity index is 665. The zero-order valence-electron chi connectivity index (χ0n) is 10.3. The lowest BCUT2D eigenvalue weighted by Gasteiger charge is -2.05. The molecule has 4 nitrogen and oxygen atoms in total. The van der Waals surface area contributed by atoms with Gasteiger partial charge in [0.2, 0.25) is 0 Å². The van der Waals surface area contributed by atoms with E-state index in [-0.39, 0.29) is 5.69 Å². The Hall–Kier alpha value is -2.45. The SMILES string of the molecule is O=C(Nc1cnn(CC(F)(F)F)c1)c1ccc(F)cc1F. The van der Waals surface area contributed by atoms with Gasteiger partial charge in [0.25, 0.3) is 5.91 Å². The number of alkyl halides is 3. The van der Waals surface area contributed by atoms with Gasteiger partial charge in [0.1, 0.15) is 18.2 Å². The number of hydrogen-bond donors (Lipinski definition) is 1. The summed E-state index contributed by atoms with van der Waals surface area (Å²) in [6, 6.07) is 2.35. The van der Waals surface area contributed by atoms with Gasteiger partial charge < -0.3 is 5.32 Å².